The molecule has 0 spiro atoms. The first-order valence-corrected chi connectivity index (χ1v) is 9.69. The molecule has 25 heavy (non-hydrogen) atoms. The van der Waals surface area contributed by atoms with Crippen LogP contribution < -0.4 is 5.32 Å². The summed E-state index contributed by atoms with van der Waals surface area (Å²) < 4.78 is 22.8. The molecule has 2 N–H and O–H groups in total. The normalized spacial score (nSPS) is 18.7. The number of nitrogens with one attached hydrogen (secondary N) is 2. The van der Waals surface area contributed by atoms with Gasteiger partial charge in [0, 0.05) is 12.0 Å². The molecule has 0 aliphatic heterocycles. The molecular formula is C18H20Cl2N2O2S. The summed E-state index contributed by atoms with van der Waals surface area (Å²) in [5.41, 5.74) is 5.39. The minimum absolute atomic E-state index is 0.403. The standard InChI is InChI=1S/C18H19Cl2N.HNO2S/c1-11-3-5-14-13(6-8-18(21-2)15(14)9-11)12-4-7-16(19)17(20)10-12;1-4(2)3/h3-5,7,9-10,13,18,21H,6,8H2,1-2H3;1H/t13-,18-;/m0./s1. The zero-order valence-electron chi connectivity index (χ0n) is 14.0. The minimum Gasteiger partial charge on any atom is -0.313 e. The third kappa shape index (κ3) is 5.05. The fraction of sp³-hybridized carbons (Fsp3) is 0.333. The van der Waals surface area contributed by atoms with Crippen LogP contribution in [0.5, 0.6) is 0 Å². The molecule has 1 aliphatic carbocycles. The van der Waals surface area contributed by atoms with Gasteiger partial charge in [-0.2, -0.15) is 13.2 Å². The second kappa shape index (κ2) is 8.81. The second-order valence-corrected chi connectivity index (χ2v) is 7.30. The molecular weight excluding hydrogens is 379 g/mol. The van der Waals surface area contributed by atoms with Gasteiger partial charge in [0.25, 0.3) is 0 Å². The molecule has 0 amide bonds. The van der Waals surface area contributed by atoms with Crippen molar-refractivity contribution >= 4 is 33.7 Å². The van der Waals surface area contributed by atoms with Crippen LogP contribution in [0.1, 0.15) is 47.1 Å². The zero-order valence-corrected chi connectivity index (χ0v) is 16.3. The van der Waals surface area contributed by atoms with Crippen LogP contribution in [0.3, 0.4) is 0 Å². The molecule has 0 radical (unpaired) electrons. The van der Waals surface area contributed by atoms with Crippen LogP contribution in [-0.4, -0.2) is 15.5 Å². The predicted molar refractivity (Wildman–Crippen MR) is 102 cm³/mol. The van der Waals surface area contributed by atoms with E-state index in [1.165, 1.54) is 22.3 Å². The van der Waals surface area contributed by atoms with Crippen molar-refractivity contribution in [2.75, 3.05) is 7.05 Å². The lowest BCUT2D eigenvalue weighted by atomic mass is 9.76. The lowest BCUT2D eigenvalue weighted by Crippen LogP contribution is -2.24. The van der Waals surface area contributed by atoms with Crippen LogP contribution in [0.25, 0.3) is 0 Å². The van der Waals surface area contributed by atoms with Crippen molar-refractivity contribution in [2.24, 2.45) is 0 Å². The molecule has 0 fully saturated rings. The summed E-state index contributed by atoms with van der Waals surface area (Å²) >= 11 is 12.2. The number of hydrogen-bond donors (Lipinski definition) is 2. The largest absolute Gasteiger partial charge is 0.313 e. The van der Waals surface area contributed by atoms with Crippen molar-refractivity contribution in [3.8, 4) is 0 Å². The first-order valence-electron chi connectivity index (χ1n) is 7.86. The summed E-state index contributed by atoms with van der Waals surface area (Å²) in [6, 6.07) is 13.2. The Morgan fingerprint density at radius 2 is 1.72 bits per heavy atom. The molecule has 0 saturated heterocycles. The molecule has 1 aliphatic rings. The van der Waals surface area contributed by atoms with Gasteiger partial charge in [0.2, 0.25) is 0 Å². The van der Waals surface area contributed by atoms with Gasteiger partial charge in [-0.1, -0.05) is 53.0 Å². The monoisotopic (exact) mass is 398 g/mol. The first-order chi connectivity index (χ1) is 11.8. The highest BCUT2D eigenvalue weighted by Gasteiger charge is 2.27. The molecule has 0 saturated carbocycles. The fourth-order valence-electron chi connectivity index (χ4n) is 3.33. The number of rotatable bonds is 2. The van der Waals surface area contributed by atoms with E-state index in [1.54, 1.807) is 0 Å². The molecule has 2 atom stereocenters. The highest BCUT2D eigenvalue weighted by Crippen LogP contribution is 2.42. The summed E-state index contributed by atoms with van der Waals surface area (Å²) in [4.78, 5) is 0. The van der Waals surface area contributed by atoms with Gasteiger partial charge in [-0.15, -0.1) is 0 Å². The quantitative estimate of drug-likeness (QED) is 0.737. The van der Waals surface area contributed by atoms with E-state index in [9.17, 15) is 0 Å². The smallest absolute Gasteiger partial charge is 0.308 e. The van der Waals surface area contributed by atoms with Crippen molar-refractivity contribution in [1.82, 2.24) is 5.32 Å². The Morgan fingerprint density at radius 1 is 1.04 bits per heavy atom. The molecule has 0 aromatic heterocycles. The van der Waals surface area contributed by atoms with Crippen LogP contribution >= 0.6 is 23.2 Å². The third-order valence-corrected chi connectivity index (χ3v) is 5.17. The predicted octanol–water partition coefficient (Wildman–Crippen LogP) is 5.12. The van der Waals surface area contributed by atoms with E-state index in [0.717, 1.165) is 12.8 Å². The Kier molecular flexibility index (Phi) is 7.02. The molecule has 2 aromatic carbocycles. The van der Waals surface area contributed by atoms with Crippen molar-refractivity contribution in [3.05, 3.63) is 68.7 Å². The minimum atomic E-state index is -2.61. The summed E-state index contributed by atoms with van der Waals surface area (Å²) in [5.74, 6) is 0.403. The van der Waals surface area contributed by atoms with E-state index in [-0.39, 0.29) is 0 Å². The Bertz CT molecular complexity index is 863. The Hall–Kier alpha value is -1.40. The van der Waals surface area contributed by atoms with Crippen LogP contribution in [0.15, 0.2) is 36.4 Å². The molecule has 7 heteroatoms. The van der Waals surface area contributed by atoms with Gasteiger partial charge in [-0.3, -0.25) is 0 Å². The average Bonchev–Trinajstić information content (AvgIpc) is 2.56. The zero-order chi connectivity index (χ0) is 18.6. The van der Waals surface area contributed by atoms with Gasteiger partial charge < -0.3 is 5.32 Å². The Morgan fingerprint density at radius 3 is 2.32 bits per heavy atom. The van der Waals surface area contributed by atoms with Crippen LogP contribution in [0.4, 0.5) is 0 Å². The number of aryl methyl sites for hydroxylation is 1. The van der Waals surface area contributed by atoms with E-state index in [2.05, 4.69) is 36.5 Å². The second-order valence-electron chi connectivity index (χ2n) is 6.01. The number of hydrogen-bond acceptors (Lipinski definition) is 4. The molecule has 4 nitrogen and oxygen atoms in total. The van der Waals surface area contributed by atoms with Crippen molar-refractivity contribution in [3.63, 3.8) is 0 Å². The number of fused-ring (bicyclic) bond motifs is 1. The van der Waals surface area contributed by atoms with Gasteiger partial charge in [0.1, 0.15) is 0 Å². The van der Waals surface area contributed by atoms with Gasteiger partial charge in [-0.05, 0) is 55.6 Å². The third-order valence-electron chi connectivity index (χ3n) is 4.43. The number of halogens is 2. The van der Waals surface area contributed by atoms with E-state index in [0.29, 0.717) is 22.0 Å². The SMILES string of the molecule is CN[C@H]1CC[C@@H](c2ccc(Cl)c(Cl)c2)c2ccc(C)cc21.N=S(=O)=O. The van der Waals surface area contributed by atoms with Crippen LogP contribution in [0.2, 0.25) is 10.0 Å². The van der Waals surface area contributed by atoms with Crippen molar-refractivity contribution in [2.45, 2.75) is 31.7 Å². The maximum absolute atomic E-state index is 8.67. The molecule has 0 unspecified atom stereocenters. The summed E-state index contributed by atoms with van der Waals surface area (Å²) in [6.45, 7) is 2.15. The lowest BCUT2D eigenvalue weighted by Gasteiger charge is -2.32. The van der Waals surface area contributed by atoms with Gasteiger partial charge in [-0.25, -0.2) is 0 Å². The van der Waals surface area contributed by atoms with Crippen molar-refractivity contribution < 1.29 is 8.42 Å². The van der Waals surface area contributed by atoms with Crippen molar-refractivity contribution in [1.29, 1.82) is 4.78 Å². The maximum Gasteiger partial charge on any atom is 0.308 e. The number of benzene rings is 2. The maximum atomic E-state index is 8.67. The van der Waals surface area contributed by atoms with Gasteiger partial charge in [0.05, 0.1) is 10.0 Å². The van der Waals surface area contributed by atoms with Gasteiger partial charge >= 0.3 is 10.5 Å². The molecule has 2 aromatic rings. The molecule has 3 rings (SSSR count). The molecule has 0 bridgehead atoms. The Labute approximate surface area is 159 Å². The van der Waals surface area contributed by atoms with E-state index < -0.39 is 10.5 Å². The lowest BCUT2D eigenvalue weighted by molar-refractivity contribution is 0.470. The fourth-order valence-corrected chi connectivity index (χ4v) is 3.64. The van der Waals surface area contributed by atoms with E-state index in [4.69, 9.17) is 36.4 Å². The summed E-state index contributed by atoms with van der Waals surface area (Å²) in [6.07, 6.45) is 2.26. The topological polar surface area (TPSA) is 70.0 Å². The summed E-state index contributed by atoms with van der Waals surface area (Å²) in [5, 5.41) is 4.69. The van der Waals surface area contributed by atoms with E-state index >= 15 is 0 Å². The van der Waals surface area contributed by atoms with Crippen LogP contribution in [0, 0.1) is 11.7 Å². The van der Waals surface area contributed by atoms with Crippen LogP contribution in [-0.2, 0) is 10.5 Å². The average molecular weight is 399 g/mol. The highest BCUT2D eigenvalue weighted by molar-refractivity contribution is 7.60. The highest BCUT2D eigenvalue weighted by atomic mass is 35.5. The summed E-state index contributed by atoms with van der Waals surface area (Å²) in [7, 11) is -0.573. The van der Waals surface area contributed by atoms with E-state index in [1.807, 2.05) is 19.2 Å². The Balaban J connectivity index is 0.000000511. The molecule has 0 heterocycles. The first kappa shape index (κ1) is 19.9. The molecule has 134 valence electrons. The van der Waals surface area contributed by atoms with Gasteiger partial charge in [0.15, 0.2) is 0 Å².